The van der Waals surface area contributed by atoms with E-state index in [1.165, 1.54) is 6.92 Å². The predicted molar refractivity (Wildman–Crippen MR) is 112 cm³/mol. The third-order valence-electron chi connectivity index (χ3n) is 4.47. The number of piperazine rings is 1. The molecule has 0 bridgehead atoms. The first-order valence-electron chi connectivity index (χ1n) is 9.39. The Kier molecular flexibility index (Phi) is 7.69. The van der Waals surface area contributed by atoms with Crippen molar-refractivity contribution in [1.29, 1.82) is 0 Å². The van der Waals surface area contributed by atoms with E-state index in [4.69, 9.17) is 5.11 Å². The third kappa shape index (κ3) is 5.75. The van der Waals surface area contributed by atoms with Crippen molar-refractivity contribution in [3.05, 3.63) is 47.7 Å². The summed E-state index contributed by atoms with van der Waals surface area (Å²) >= 11 is 0. The van der Waals surface area contributed by atoms with Gasteiger partial charge < -0.3 is 25.5 Å². The van der Waals surface area contributed by atoms with E-state index in [-0.39, 0.29) is 11.3 Å². The average molecular weight is 401 g/mol. The molecule has 3 rings (SSSR count). The van der Waals surface area contributed by atoms with Crippen LogP contribution < -0.4 is 10.2 Å². The van der Waals surface area contributed by atoms with Gasteiger partial charge in [0.05, 0.1) is 17.3 Å². The Morgan fingerprint density at radius 1 is 1.24 bits per heavy atom. The molecule has 1 saturated heterocycles. The lowest BCUT2D eigenvalue weighted by atomic mass is 9.98. The number of nitrogens with zero attached hydrogens (tertiary/aromatic N) is 2. The summed E-state index contributed by atoms with van der Waals surface area (Å²) in [5.41, 5.74) is 2.42. The minimum absolute atomic E-state index is 0.0706. The molecule has 1 fully saturated rings. The summed E-state index contributed by atoms with van der Waals surface area (Å²) in [6.45, 7) is 9.39. The van der Waals surface area contributed by atoms with Gasteiger partial charge in [0.15, 0.2) is 5.69 Å². The maximum atomic E-state index is 11.8. The topological polar surface area (TPSA) is 123 Å². The van der Waals surface area contributed by atoms with Gasteiger partial charge in [0, 0.05) is 43.6 Å². The third-order valence-corrected chi connectivity index (χ3v) is 4.47. The van der Waals surface area contributed by atoms with Crippen LogP contribution in [0.4, 0.5) is 5.69 Å². The molecule has 1 aliphatic heterocycles. The lowest BCUT2D eigenvalue weighted by Crippen LogP contribution is -2.44. The first-order valence-corrected chi connectivity index (χ1v) is 9.39. The van der Waals surface area contributed by atoms with Crippen LogP contribution in [0, 0.1) is 0 Å². The van der Waals surface area contributed by atoms with Crippen LogP contribution in [0.3, 0.4) is 0 Å². The molecule has 2 heterocycles. The minimum Gasteiger partial charge on any atom is -0.478 e. The van der Waals surface area contributed by atoms with Gasteiger partial charge >= 0.3 is 11.9 Å². The second kappa shape index (κ2) is 9.99. The monoisotopic (exact) mass is 401 g/mol. The van der Waals surface area contributed by atoms with Gasteiger partial charge in [-0.05, 0) is 25.5 Å². The molecule has 8 nitrogen and oxygen atoms in total. The van der Waals surface area contributed by atoms with E-state index in [0.29, 0.717) is 17.6 Å². The first kappa shape index (κ1) is 22.3. The first-order chi connectivity index (χ1) is 13.7. The Morgan fingerprint density at radius 3 is 2.34 bits per heavy atom. The average Bonchev–Trinajstić information content (AvgIpc) is 2.68. The number of aliphatic hydroxyl groups is 1. The highest BCUT2D eigenvalue weighted by molar-refractivity contribution is 5.99. The summed E-state index contributed by atoms with van der Waals surface area (Å²) < 4.78 is 0. The minimum atomic E-state index is -1.03. The molecule has 1 aliphatic rings. The van der Waals surface area contributed by atoms with Crippen LogP contribution in [0.2, 0.25) is 0 Å². The van der Waals surface area contributed by atoms with Crippen molar-refractivity contribution in [2.24, 2.45) is 0 Å². The van der Waals surface area contributed by atoms with Crippen molar-refractivity contribution in [2.75, 3.05) is 31.1 Å². The zero-order valence-corrected chi connectivity index (χ0v) is 16.7. The van der Waals surface area contributed by atoms with Crippen molar-refractivity contribution >= 4 is 28.5 Å². The zero-order valence-electron chi connectivity index (χ0n) is 16.7. The molecule has 1 atom stereocenters. The molecular weight excluding hydrogens is 374 g/mol. The number of carbonyl (C=O) groups is 2. The number of benzene rings is 1. The van der Waals surface area contributed by atoms with Gasteiger partial charge in [-0.25, -0.2) is 14.6 Å². The van der Waals surface area contributed by atoms with Crippen LogP contribution in [0.15, 0.2) is 36.4 Å². The number of pyridine rings is 1. The smallest absolute Gasteiger partial charge is 0.356 e. The number of aromatic carboxylic acids is 1. The van der Waals surface area contributed by atoms with Gasteiger partial charge in [-0.3, -0.25) is 0 Å². The maximum absolute atomic E-state index is 11.8. The molecule has 2 aromatic rings. The fourth-order valence-corrected chi connectivity index (χ4v) is 3.15. The van der Waals surface area contributed by atoms with Crippen LogP contribution in [0.25, 0.3) is 10.9 Å². The number of carboxylic acid groups (broad SMARTS) is 2. The van der Waals surface area contributed by atoms with Gasteiger partial charge in [0.1, 0.15) is 0 Å². The van der Waals surface area contributed by atoms with Crippen LogP contribution in [-0.2, 0) is 11.2 Å². The molecule has 1 aromatic carbocycles. The van der Waals surface area contributed by atoms with E-state index < -0.39 is 18.0 Å². The molecule has 1 aromatic heterocycles. The quantitative estimate of drug-likeness (QED) is 0.561. The maximum Gasteiger partial charge on any atom is 0.356 e. The van der Waals surface area contributed by atoms with E-state index >= 15 is 0 Å². The number of rotatable bonds is 5. The number of carboxylic acids is 2. The molecule has 0 saturated carbocycles. The number of aliphatic carboxylic acids is 1. The number of hydrogen-bond donors (Lipinski definition) is 4. The van der Waals surface area contributed by atoms with Crippen molar-refractivity contribution in [3.8, 4) is 0 Å². The Balaban J connectivity index is 0.000000438. The summed E-state index contributed by atoms with van der Waals surface area (Å²) in [5.74, 6) is -1.97. The van der Waals surface area contributed by atoms with E-state index in [1.807, 2.05) is 24.3 Å². The molecule has 0 aliphatic carbocycles. The van der Waals surface area contributed by atoms with Gasteiger partial charge in [-0.15, -0.1) is 0 Å². The Bertz CT molecular complexity index is 893. The second-order valence-electron chi connectivity index (χ2n) is 6.99. The van der Waals surface area contributed by atoms with Crippen molar-refractivity contribution in [2.45, 2.75) is 26.4 Å². The summed E-state index contributed by atoms with van der Waals surface area (Å²) in [4.78, 5) is 27.8. The Hall–Kier alpha value is -2.97. The predicted octanol–water partition coefficient (Wildman–Crippen LogP) is 1.91. The largest absolute Gasteiger partial charge is 0.478 e. The Morgan fingerprint density at radius 2 is 1.83 bits per heavy atom. The second-order valence-corrected chi connectivity index (χ2v) is 6.99. The highest BCUT2D eigenvalue weighted by Gasteiger charge is 2.25. The number of nitrogens with one attached hydrogen (secondary N) is 1. The normalized spacial score (nSPS) is 14.7. The van der Waals surface area contributed by atoms with Gasteiger partial charge in [-0.1, -0.05) is 24.8 Å². The summed E-state index contributed by atoms with van der Waals surface area (Å²) in [7, 11) is 0. The van der Waals surface area contributed by atoms with E-state index in [2.05, 4.69) is 21.8 Å². The number of hydrogen-bond acceptors (Lipinski definition) is 6. The van der Waals surface area contributed by atoms with Crippen molar-refractivity contribution in [3.63, 3.8) is 0 Å². The zero-order chi connectivity index (χ0) is 21.6. The van der Waals surface area contributed by atoms with Crippen LogP contribution >= 0.6 is 0 Å². The summed E-state index contributed by atoms with van der Waals surface area (Å²) in [6.07, 6.45) is -0.146. The number of aromatic nitrogens is 1. The lowest BCUT2D eigenvalue weighted by Gasteiger charge is -2.32. The molecule has 156 valence electrons. The SMILES string of the molecule is C=C(C)C(=O)O.CC(O)Cc1c(N2CCNCC2)c(C(=O)O)nc2ccccc12. The molecule has 0 spiro atoms. The van der Waals surface area contributed by atoms with E-state index in [1.54, 1.807) is 6.92 Å². The number of anilines is 1. The summed E-state index contributed by atoms with van der Waals surface area (Å²) in [5, 5.41) is 31.6. The summed E-state index contributed by atoms with van der Waals surface area (Å²) in [6, 6.07) is 7.52. The van der Waals surface area contributed by atoms with Crippen molar-refractivity contribution in [1.82, 2.24) is 10.3 Å². The van der Waals surface area contributed by atoms with Gasteiger partial charge in [0.25, 0.3) is 0 Å². The molecule has 0 amide bonds. The number of para-hydroxylation sites is 1. The van der Waals surface area contributed by atoms with E-state index in [0.717, 1.165) is 37.1 Å². The fraction of sp³-hybridized carbons (Fsp3) is 0.381. The van der Waals surface area contributed by atoms with Crippen molar-refractivity contribution < 1.29 is 24.9 Å². The highest BCUT2D eigenvalue weighted by Crippen LogP contribution is 2.32. The highest BCUT2D eigenvalue weighted by atomic mass is 16.4. The lowest BCUT2D eigenvalue weighted by molar-refractivity contribution is -0.132. The molecule has 1 unspecified atom stereocenters. The number of aliphatic hydroxyl groups excluding tert-OH is 1. The number of fused-ring (bicyclic) bond motifs is 1. The fourth-order valence-electron chi connectivity index (χ4n) is 3.15. The molecule has 4 N–H and O–H groups in total. The molecule has 8 heteroatoms. The van der Waals surface area contributed by atoms with Crippen LogP contribution in [-0.4, -0.2) is 64.5 Å². The standard InChI is InChI=1S/C17H21N3O3.C4H6O2/c1-11(21)10-13-12-4-2-3-5-14(12)19-15(17(22)23)16(13)20-8-6-18-7-9-20;1-3(2)4(5)6/h2-5,11,18,21H,6-10H2,1H3,(H,22,23);1H2,2H3,(H,5,6). The van der Waals surface area contributed by atoms with Crippen LogP contribution in [0.1, 0.15) is 29.9 Å². The molecule has 29 heavy (non-hydrogen) atoms. The van der Waals surface area contributed by atoms with Gasteiger partial charge in [0.2, 0.25) is 0 Å². The molecule has 0 radical (unpaired) electrons. The van der Waals surface area contributed by atoms with Crippen LogP contribution in [0.5, 0.6) is 0 Å². The van der Waals surface area contributed by atoms with Gasteiger partial charge in [-0.2, -0.15) is 0 Å². The Labute approximate surface area is 169 Å². The van der Waals surface area contributed by atoms with E-state index in [9.17, 15) is 19.8 Å². The molecular formula is C21H27N3O5.